The van der Waals surface area contributed by atoms with Crippen LogP contribution in [-0.2, 0) is 20.0 Å². The van der Waals surface area contributed by atoms with E-state index in [-0.39, 0.29) is 0 Å². The molecule has 0 saturated heterocycles. The van der Waals surface area contributed by atoms with E-state index in [1.165, 1.54) is 11.4 Å². The molecule has 0 aliphatic carbocycles. The third-order valence-corrected chi connectivity index (χ3v) is 3.50. The molecular weight excluding hydrogens is 248 g/mol. The van der Waals surface area contributed by atoms with E-state index >= 15 is 0 Å². The van der Waals surface area contributed by atoms with Gasteiger partial charge in [0.15, 0.2) is 0 Å². The Morgan fingerprint density at radius 2 is 2.00 bits per heavy atom. The molecule has 0 atom stereocenters. The monoisotopic (exact) mass is 272 g/mol. The zero-order chi connectivity index (χ0) is 14.4. The van der Waals surface area contributed by atoms with Crippen LogP contribution in [0.4, 0.5) is 5.69 Å². The Bertz CT molecular complexity index is 519. The summed E-state index contributed by atoms with van der Waals surface area (Å²) < 4.78 is 1.98. The van der Waals surface area contributed by atoms with Gasteiger partial charge in [0.25, 0.3) is 0 Å². The Balaban J connectivity index is 2.16. The summed E-state index contributed by atoms with van der Waals surface area (Å²) in [6, 6.07) is 12.7. The van der Waals surface area contributed by atoms with Crippen molar-refractivity contribution in [2.24, 2.45) is 12.8 Å². The molecular formula is C16H24N4. The minimum atomic E-state index is 0.717. The van der Waals surface area contributed by atoms with Crippen molar-refractivity contribution in [3.8, 4) is 0 Å². The van der Waals surface area contributed by atoms with Crippen LogP contribution in [0.15, 0.2) is 36.4 Å². The number of para-hydroxylation sites is 1. The SMILES string of the molecule is CCc1cc(CN(CCCN)c2ccccc2)n(C)n1. The largest absolute Gasteiger partial charge is 0.366 e. The van der Waals surface area contributed by atoms with Crippen LogP contribution < -0.4 is 10.6 Å². The molecule has 0 unspecified atom stereocenters. The normalized spacial score (nSPS) is 10.8. The maximum Gasteiger partial charge on any atom is 0.0625 e. The summed E-state index contributed by atoms with van der Waals surface area (Å²) in [7, 11) is 2.01. The lowest BCUT2D eigenvalue weighted by Gasteiger charge is -2.24. The highest BCUT2D eigenvalue weighted by atomic mass is 15.3. The summed E-state index contributed by atoms with van der Waals surface area (Å²) >= 11 is 0. The van der Waals surface area contributed by atoms with Crippen LogP contribution in [0.1, 0.15) is 24.7 Å². The quantitative estimate of drug-likeness (QED) is 0.841. The fraction of sp³-hybridized carbons (Fsp3) is 0.438. The van der Waals surface area contributed by atoms with Crippen molar-refractivity contribution < 1.29 is 0 Å². The number of hydrogen-bond acceptors (Lipinski definition) is 3. The molecule has 4 nitrogen and oxygen atoms in total. The highest BCUT2D eigenvalue weighted by Crippen LogP contribution is 2.17. The Morgan fingerprint density at radius 1 is 1.25 bits per heavy atom. The van der Waals surface area contributed by atoms with Gasteiger partial charge in [-0.1, -0.05) is 25.1 Å². The number of benzene rings is 1. The maximum atomic E-state index is 5.66. The van der Waals surface area contributed by atoms with E-state index in [2.05, 4.69) is 47.3 Å². The van der Waals surface area contributed by atoms with Crippen LogP contribution in [0.2, 0.25) is 0 Å². The highest BCUT2D eigenvalue weighted by Gasteiger charge is 2.10. The van der Waals surface area contributed by atoms with Crippen molar-refractivity contribution in [1.29, 1.82) is 0 Å². The molecule has 0 amide bonds. The molecule has 4 heteroatoms. The molecule has 0 saturated carbocycles. The fourth-order valence-electron chi connectivity index (χ4n) is 2.31. The van der Waals surface area contributed by atoms with Gasteiger partial charge in [0, 0.05) is 19.3 Å². The van der Waals surface area contributed by atoms with Gasteiger partial charge >= 0.3 is 0 Å². The van der Waals surface area contributed by atoms with Crippen molar-refractivity contribution in [3.63, 3.8) is 0 Å². The van der Waals surface area contributed by atoms with E-state index in [0.717, 1.165) is 38.2 Å². The average Bonchev–Trinajstić information content (AvgIpc) is 2.84. The van der Waals surface area contributed by atoms with Gasteiger partial charge in [-0.15, -0.1) is 0 Å². The molecule has 1 aromatic carbocycles. The third kappa shape index (κ3) is 3.61. The van der Waals surface area contributed by atoms with Crippen molar-refractivity contribution in [3.05, 3.63) is 47.8 Å². The second kappa shape index (κ2) is 7.10. The van der Waals surface area contributed by atoms with Gasteiger partial charge < -0.3 is 10.6 Å². The van der Waals surface area contributed by atoms with Gasteiger partial charge in [0.1, 0.15) is 0 Å². The number of nitrogens with two attached hydrogens (primary N) is 1. The van der Waals surface area contributed by atoms with Crippen LogP contribution in [0.25, 0.3) is 0 Å². The molecule has 2 N–H and O–H groups in total. The number of aromatic nitrogens is 2. The van der Waals surface area contributed by atoms with Crippen molar-refractivity contribution in [2.75, 3.05) is 18.0 Å². The smallest absolute Gasteiger partial charge is 0.0625 e. The lowest BCUT2D eigenvalue weighted by molar-refractivity contribution is 0.660. The summed E-state index contributed by atoms with van der Waals surface area (Å²) in [6.07, 6.45) is 1.97. The van der Waals surface area contributed by atoms with E-state index in [1.807, 2.05) is 17.8 Å². The van der Waals surface area contributed by atoms with Crippen molar-refractivity contribution >= 4 is 5.69 Å². The van der Waals surface area contributed by atoms with Gasteiger partial charge in [-0.2, -0.15) is 5.10 Å². The van der Waals surface area contributed by atoms with E-state index in [4.69, 9.17) is 5.73 Å². The summed E-state index contributed by atoms with van der Waals surface area (Å²) in [5.41, 5.74) is 9.28. The number of aryl methyl sites for hydroxylation is 2. The van der Waals surface area contributed by atoms with Crippen LogP contribution >= 0.6 is 0 Å². The van der Waals surface area contributed by atoms with Crippen LogP contribution in [0, 0.1) is 0 Å². The first-order valence-electron chi connectivity index (χ1n) is 7.26. The van der Waals surface area contributed by atoms with Crippen LogP contribution in [0.3, 0.4) is 0 Å². The molecule has 0 spiro atoms. The lowest BCUT2D eigenvalue weighted by atomic mass is 10.2. The number of hydrogen-bond donors (Lipinski definition) is 1. The zero-order valence-corrected chi connectivity index (χ0v) is 12.4. The van der Waals surface area contributed by atoms with E-state index in [0.29, 0.717) is 0 Å². The van der Waals surface area contributed by atoms with Gasteiger partial charge in [0.05, 0.1) is 17.9 Å². The first-order chi connectivity index (χ1) is 9.74. The Morgan fingerprint density at radius 3 is 2.60 bits per heavy atom. The van der Waals surface area contributed by atoms with Crippen molar-refractivity contribution in [1.82, 2.24) is 9.78 Å². The zero-order valence-electron chi connectivity index (χ0n) is 12.4. The lowest BCUT2D eigenvalue weighted by Crippen LogP contribution is -2.26. The number of nitrogens with zero attached hydrogens (tertiary/aromatic N) is 3. The van der Waals surface area contributed by atoms with E-state index < -0.39 is 0 Å². The highest BCUT2D eigenvalue weighted by molar-refractivity contribution is 5.46. The van der Waals surface area contributed by atoms with Crippen LogP contribution in [0.5, 0.6) is 0 Å². The second-order valence-corrected chi connectivity index (χ2v) is 5.00. The molecule has 1 heterocycles. The Kier molecular flexibility index (Phi) is 5.18. The van der Waals surface area contributed by atoms with Crippen molar-refractivity contribution in [2.45, 2.75) is 26.3 Å². The molecule has 0 aliphatic rings. The summed E-state index contributed by atoms with van der Waals surface area (Å²) in [6.45, 7) is 4.69. The Hall–Kier alpha value is -1.81. The topological polar surface area (TPSA) is 47.1 Å². The third-order valence-electron chi connectivity index (χ3n) is 3.50. The summed E-state index contributed by atoms with van der Waals surface area (Å²) in [5, 5.41) is 4.52. The predicted octanol–water partition coefficient (Wildman–Crippen LogP) is 2.34. The average molecular weight is 272 g/mol. The minimum Gasteiger partial charge on any atom is -0.366 e. The number of rotatable bonds is 7. The molecule has 2 aromatic rings. The second-order valence-electron chi connectivity index (χ2n) is 5.00. The molecule has 2 rings (SSSR count). The summed E-state index contributed by atoms with van der Waals surface area (Å²) in [4.78, 5) is 2.36. The Labute approximate surface area is 121 Å². The van der Waals surface area contributed by atoms with E-state index in [9.17, 15) is 0 Å². The predicted molar refractivity (Wildman–Crippen MR) is 83.7 cm³/mol. The van der Waals surface area contributed by atoms with E-state index in [1.54, 1.807) is 0 Å². The standard InChI is InChI=1S/C16H24N4/c1-3-14-12-16(19(2)18-14)13-20(11-7-10-17)15-8-5-4-6-9-15/h4-6,8-9,12H,3,7,10-11,13,17H2,1-2H3. The molecule has 0 fully saturated rings. The molecule has 0 bridgehead atoms. The molecule has 108 valence electrons. The maximum absolute atomic E-state index is 5.66. The van der Waals surface area contributed by atoms with Gasteiger partial charge in [-0.25, -0.2) is 0 Å². The fourth-order valence-corrected chi connectivity index (χ4v) is 2.31. The first kappa shape index (κ1) is 14.6. The molecule has 0 radical (unpaired) electrons. The van der Waals surface area contributed by atoms with Crippen LogP contribution in [-0.4, -0.2) is 22.9 Å². The minimum absolute atomic E-state index is 0.717. The van der Waals surface area contributed by atoms with Gasteiger partial charge in [-0.05, 0) is 37.6 Å². The number of anilines is 1. The molecule has 0 aliphatic heterocycles. The summed E-state index contributed by atoms with van der Waals surface area (Å²) in [5.74, 6) is 0. The molecule has 1 aromatic heterocycles. The van der Waals surface area contributed by atoms with Gasteiger partial charge in [-0.3, -0.25) is 4.68 Å². The first-order valence-corrected chi connectivity index (χ1v) is 7.26. The van der Waals surface area contributed by atoms with Gasteiger partial charge in [0.2, 0.25) is 0 Å². The molecule has 20 heavy (non-hydrogen) atoms.